The van der Waals surface area contributed by atoms with E-state index in [-0.39, 0.29) is 11.7 Å². The fraction of sp³-hybridized carbons (Fsp3) is 0.625. The molecule has 1 rings (SSSR count). The van der Waals surface area contributed by atoms with Crippen LogP contribution in [0.25, 0.3) is 0 Å². The highest BCUT2D eigenvalue weighted by Gasteiger charge is 2.17. The largest absolute Gasteiger partial charge is 0.369 e. The molecule has 0 saturated heterocycles. The summed E-state index contributed by atoms with van der Waals surface area (Å²) in [6.45, 7) is 7.10. The van der Waals surface area contributed by atoms with Gasteiger partial charge in [0.2, 0.25) is 0 Å². The summed E-state index contributed by atoms with van der Waals surface area (Å²) in [6, 6.07) is 3.70. The summed E-state index contributed by atoms with van der Waals surface area (Å²) in [5, 5.41) is 3.30. The Morgan fingerprint density at radius 2 is 2.11 bits per heavy atom. The van der Waals surface area contributed by atoms with E-state index in [9.17, 15) is 4.79 Å². The van der Waals surface area contributed by atoms with Gasteiger partial charge in [0.1, 0.15) is 5.82 Å². The first kappa shape index (κ1) is 15.7. The molecule has 1 heterocycles. The molecule has 0 aliphatic carbocycles. The van der Waals surface area contributed by atoms with E-state index >= 15 is 0 Å². The minimum absolute atomic E-state index is 0.0600. The predicted molar refractivity (Wildman–Crippen MR) is 80.7 cm³/mol. The Morgan fingerprint density at radius 1 is 1.32 bits per heavy atom. The highest BCUT2D eigenvalue weighted by molar-refractivity contribution is 6.01. The quantitative estimate of drug-likeness (QED) is 0.533. The number of nitrogens with one attached hydrogen (secondary N) is 1. The van der Waals surface area contributed by atoms with Crippen molar-refractivity contribution < 1.29 is 4.79 Å². The third kappa shape index (κ3) is 5.01. The number of ketones is 1. The Balaban J connectivity index is 2.60. The zero-order valence-electron chi connectivity index (χ0n) is 12.4. The topological polar surface area (TPSA) is 42.0 Å². The van der Waals surface area contributed by atoms with Gasteiger partial charge in [0.25, 0.3) is 0 Å². The van der Waals surface area contributed by atoms with E-state index in [1.807, 2.05) is 26.0 Å². The summed E-state index contributed by atoms with van der Waals surface area (Å²) < 4.78 is 0. The lowest BCUT2D eigenvalue weighted by Gasteiger charge is -2.12. The number of carbonyl (C=O) groups excluding carboxylic acids is 1. The third-order valence-electron chi connectivity index (χ3n) is 3.46. The number of hydrogen-bond acceptors (Lipinski definition) is 3. The molecule has 0 bridgehead atoms. The summed E-state index contributed by atoms with van der Waals surface area (Å²) in [5.41, 5.74) is 0.729. The van der Waals surface area contributed by atoms with Crippen molar-refractivity contribution in [2.45, 2.75) is 52.9 Å². The number of Topliss-reactive ketones (excluding diaryl/α,β-unsaturated/α-hetero) is 1. The number of hydrogen-bond donors (Lipinski definition) is 1. The van der Waals surface area contributed by atoms with E-state index in [2.05, 4.69) is 17.2 Å². The van der Waals surface area contributed by atoms with Gasteiger partial charge >= 0.3 is 0 Å². The maximum atomic E-state index is 12.3. The van der Waals surface area contributed by atoms with Gasteiger partial charge in [-0.3, -0.25) is 4.79 Å². The van der Waals surface area contributed by atoms with E-state index in [4.69, 9.17) is 0 Å². The number of unbranched alkanes of at least 4 members (excludes halogenated alkanes) is 3. The first-order chi connectivity index (χ1) is 9.20. The minimum Gasteiger partial charge on any atom is -0.369 e. The molecule has 19 heavy (non-hydrogen) atoms. The van der Waals surface area contributed by atoms with E-state index in [0.29, 0.717) is 0 Å². The molecular weight excluding hydrogens is 236 g/mol. The highest BCUT2D eigenvalue weighted by Crippen LogP contribution is 2.18. The average Bonchev–Trinajstić information content (AvgIpc) is 2.46. The van der Waals surface area contributed by atoms with Gasteiger partial charge in [0, 0.05) is 18.7 Å². The van der Waals surface area contributed by atoms with E-state index in [1.54, 1.807) is 6.20 Å². The van der Waals surface area contributed by atoms with Gasteiger partial charge in [-0.05, 0) is 25.0 Å². The number of carbonyl (C=O) groups is 1. The smallest absolute Gasteiger partial charge is 0.169 e. The van der Waals surface area contributed by atoms with Crippen molar-refractivity contribution in [3.05, 3.63) is 23.9 Å². The number of anilines is 1. The zero-order valence-corrected chi connectivity index (χ0v) is 12.4. The normalized spacial score (nSPS) is 12.2. The van der Waals surface area contributed by atoms with Gasteiger partial charge in [-0.2, -0.15) is 0 Å². The first-order valence-electron chi connectivity index (χ1n) is 7.43. The second-order valence-corrected chi connectivity index (χ2v) is 5.06. The van der Waals surface area contributed by atoms with Gasteiger partial charge in [-0.25, -0.2) is 4.98 Å². The standard InChI is InChI=1S/C16H26N2O/c1-4-6-7-8-11-17-16-14(10-9-12-18-16)15(19)13(3)5-2/h9-10,12-13H,4-8,11H2,1-3H3,(H,17,18). The SMILES string of the molecule is CCCCCCNc1ncccc1C(=O)C(C)CC. The predicted octanol–water partition coefficient (Wildman–Crippen LogP) is 4.30. The van der Waals surface area contributed by atoms with Crippen LogP contribution in [-0.4, -0.2) is 17.3 Å². The monoisotopic (exact) mass is 262 g/mol. The molecule has 3 nitrogen and oxygen atoms in total. The molecule has 1 aromatic rings. The van der Waals surface area contributed by atoms with Crippen LogP contribution in [0, 0.1) is 5.92 Å². The van der Waals surface area contributed by atoms with Crippen LogP contribution >= 0.6 is 0 Å². The fourth-order valence-electron chi connectivity index (χ4n) is 1.95. The van der Waals surface area contributed by atoms with Crippen LogP contribution in [0.2, 0.25) is 0 Å². The van der Waals surface area contributed by atoms with Gasteiger partial charge in [-0.15, -0.1) is 0 Å². The maximum absolute atomic E-state index is 12.3. The molecule has 1 unspecified atom stereocenters. The fourth-order valence-corrected chi connectivity index (χ4v) is 1.95. The van der Waals surface area contributed by atoms with E-state index in [0.717, 1.165) is 30.8 Å². The van der Waals surface area contributed by atoms with Crippen molar-refractivity contribution in [3.63, 3.8) is 0 Å². The van der Waals surface area contributed by atoms with Gasteiger partial charge < -0.3 is 5.32 Å². The van der Waals surface area contributed by atoms with Gasteiger partial charge in [-0.1, -0.05) is 40.0 Å². The Morgan fingerprint density at radius 3 is 2.79 bits per heavy atom. The lowest BCUT2D eigenvalue weighted by Crippen LogP contribution is -2.15. The molecule has 0 saturated carbocycles. The van der Waals surface area contributed by atoms with E-state index in [1.165, 1.54) is 19.3 Å². The number of rotatable bonds is 9. The van der Waals surface area contributed by atoms with Crippen LogP contribution in [-0.2, 0) is 0 Å². The first-order valence-corrected chi connectivity index (χ1v) is 7.43. The second kappa shape index (κ2) is 8.68. The number of aromatic nitrogens is 1. The van der Waals surface area contributed by atoms with Gasteiger partial charge in [0.05, 0.1) is 5.56 Å². The van der Waals surface area contributed by atoms with Crippen molar-refractivity contribution in [1.29, 1.82) is 0 Å². The lowest BCUT2D eigenvalue weighted by molar-refractivity contribution is 0.0928. The molecule has 1 atom stereocenters. The van der Waals surface area contributed by atoms with Crippen molar-refractivity contribution in [2.75, 3.05) is 11.9 Å². The van der Waals surface area contributed by atoms with Crippen LogP contribution in [0.15, 0.2) is 18.3 Å². The molecule has 106 valence electrons. The van der Waals surface area contributed by atoms with E-state index < -0.39 is 0 Å². The van der Waals surface area contributed by atoms with Crippen LogP contribution in [0.5, 0.6) is 0 Å². The zero-order chi connectivity index (χ0) is 14.1. The second-order valence-electron chi connectivity index (χ2n) is 5.06. The summed E-state index contributed by atoms with van der Waals surface area (Å²) >= 11 is 0. The molecule has 1 N–H and O–H groups in total. The number of pyridine rings is 1. The summed E-state index contributed by atoms with van der Waals surface area (Å²) in [4.78, 5) is 16.6. The molecule has 0 fully saturated rings. The number of nitrogens with zero attached hydrogens (tertiary/aromatic N) is 1. The molecule has 0 aliphatic rings. The van der Waals surface area contributed by atoms with Crippen LogP contribution in [0.4, 0.5) is 5.82 Å². The summed E-state index contributed by atoms with van der Waals surface area (Å²) in [5.74, 6) is 0.987. The van der Waals surface area contributed by atoms with Crippen molar-refractivity contribution in [1.82, 2.24) is 4.98 Å². The summed E-state index contributed by atoms with van der Waals surface area (Å²) in [6.07, 6.45) is 7.46. The lowest BCUT2D eigenvalue weighted by atomic mass is 9.97. The van der Waals surface area contributed by atoms with Crippen molar-refractivity contribution in [2.24, 2.45) is 5.92 Å². The Hall–Kier alpha value is -1.38. The third-order valence-corrected chi connectivity index (χ3v) is 3.46. The Bertz CT molecular complexity index is 390. The average molecular weight is 262 g/mol. The van der Waals surface area contributed by atoms with Crippen molar-refractivity contribution in [3.8, 4) is 0 Å². The molecule has 0 aliphatic heterocycles. The molecule has 0 radical (unpaired) electrons. The Kier molecular flexibility index (Phi) is 7.16. The summed E-state index contributed by atoms with van der Waals surface area (Å²) in [7, 11) is 0. The highest BCUT2D eigenvalue weighted by atomic mass is 16.1. The molecule has 0 aromatic carbocycles. The van der Waals surface area contributed by atoms with Crippen molar-refractivity contribution >= 4 is 11.6 Å². The molecule has 0 amide bonds. The molecule has 3 heteroatoms. The molecule has 0 spiro atoms. The molecular formula is C16H26N2O. The van der Waals surface area contributed by atoms with Gasteiger partial charge in [0.15, 0.2) is 5.78 Å². The Labute approximate surface area is 116 Å². The van der Waals surface area contributed by atoms with Crippen LogP contribution < -0.4 is 5.32 Å². The van der Waals surface area contributed by atoms with Crippen LogP contribution in [0.3, 0.4) is 0 Å². The molecule has 1 aromatic heterocycles. The maximum Gasteiger partial charge on any atom is 0.169 e. The minimum atomic E-state index is 0.0600. The van der Waals surface area contributed by atoms with Crippen LogP contribution in [0.1, 0.15) is 63.2 Å².